The monoisotopic (exact) mass is 213 g/mol. The van der Waals surface area contributed by atoms with Crippen LogP contribution in [0.1, 0.15) is 26.7 Å². The Hall–Kier alpha value is -0.610. The lowest BCUT2D eigenvalue weighted by Gasteiger charge is -2.28. The summed E-state index contributed by atoms with van der Waals surface area (Å²) >= 11 is 0. The standard InChI is InChI=1S/C11H23N3O/c1-3-10(4-2)13-9-11(15)14-7-5-12-6-8-14/h10,12-13H,3-9H2,1-2H3. The van der Waals surface area contributed by atoms with E-state index >= 15 is 0 Å². The molecule has 1 aliphatic rings. The summed E-state index contributed by atoms with van der Waals surface area (Å²) in [6, 6.07) is 0.483. The molecule has 1 amide bonds. The van der Waals surface area contributed by atoms with Gasteiger partial charge in [0.05, 0.1) is 6.54 Å². The third-order valence-electron chi connectivity index (χ3n) is 3.00. The van der Waals surface area contributed by atoms with Crippen molar-refractivity contribution in [2.75, 3.05) is 32.7 Å². The zero-order valence-corrected chi connectivity index (χ0v) is 9.88. The molecule has 15 heavy (non-hydrogen) atoms. The molecule has 1 rings (SSSR count). The van der Waals surface area contributed by atoms with Crippen LogP contribution >= 0.6 is 0 Å². The van der Waals surface area contributed by atoms with Gasteiger partial charge in [-0.05, 0) is 12.8 Å². The molecule has 1 heterocycles. The predicted octanol–water partition coefficient (Wildman–Crippen LogP) is 0.196. The number of nitrogens with one attached hydrogen (secondary N) is 2. The summed E-state index contributed by atoms with van der Waals surface area (Å²) in [6.07, 6.45) is 2.18. The van der Waals surface area contributed by atoms with E-state index in [-0.39, 0.29) is 5.91 Å². The van der Waals surface area contributed by atoms with Gasteiger partial charge in [0.1, 0.15) is 0 Å². The van der Waals surface area contributed by atoms with Crippen LogP contribution in [-0.4, -0.2) is 49.6 Å². The van der Waals surface area contributed by atoms with E-state index < -0.39 is 0 Å². The van der Waals surface area contributed by atoms with Crippen LogP contribution in [0.4, 0.5) is 0 Å². The number of nitrogens with zero attached hydrogens (tertiary/aromatic N) is 1. The van der Waals surface area contributed by atoms with Crippen LogP contribution in [0.3, 0.4) is 0 Å². The number of hydrogen-bond donors (Lipinski definition) is 2. The highest BCUT2D eigenvalue weighted by Crippen LogP contribution is 1.97. The minimum Gasteiger partial charge on any atom is -0.339 e. The van der Waals surface area contributed by atoms with E-state index in [9.17, 15) is 4.79 Å². The van der Waals surface area contributed by atoms with Crippen LogP contribution < -0.4 is 10.6 Å². The third kappa shape index (κ3) is 4.18. The van der Waals surface area contributed by atoms with E-state index in [0.29, 0.717) is 12.6 Å². The molecule has 2 N–H and O–H groups in total. The second-order valence-electron chi connectivity index (χ2n) is 4.03. The second kappa shape index (κ2) is 6.80. The fraction of sp³-hybridized carbons (Fsp3) is 0.909. The summed E-state index contributed by atoms with van der Waals surface area (Å²) in [5.74, 6) is 0.239. The Morgan fingerprint density at radius 1 is 1.33 bits per heavy atom. The van der Waals surface area contributed by atoms with Gasteiger partial charge in [0, 0.05) is 32.2 Å². The van der Waals surface area contributed by atoms with Gasteiger partial charge in [-0.1, -0.05) is 13.8 Å². The summed E-state index contributed by atoms with van der Waals surface area (Å²) in [6.45, 7) is 8.35. The smallest absolute Gasteiger partial charge is 0.236 e. The maximum atomic E-state index is 11.8. The molecule has 0 aliphatic carbocycles. The second-order valence-corrected chi connectivity index (χ2v) is 4.03. The summed E-state index contributed by atoms with van der Waals surface area (Å²) in [7, 11) is 0. The molecule has 1 aliphatic heterocycles. The summed E-state index contributed by atoms with van der Waals surface area (Å²) < 4.78 is 0. The Morgan fingerprint density at radius 2 is 1.93 bits per heavy atom. The van der Waals surface area contributed by atoms with Gasteiger partial charge in [-0.3, -0.25) is 4.79 Å². The van der Waals surface area contributed by atoms with E-state index in [4.69, 9.17) is 0 Å². The van der Waals surface area contributed by atoms with Crippen molar-refractivity contribution in [2.24, 2.45) is 0 Å². The van der Waals surface area contributed by atoms with Crippen LogP contribution in [0.25, 0.3) is 0 Å². The molecule has 0 aromatic carbocycles. The summed E-state index contributed by atoms with van der Waals surface area (Å²) in [4.78, 5) is 13.7. The number of piperazine rings is 1. The van der Waals surface area contributed by atoms with Gasteiger partial charge in [-0.15, -0.1) is 0 Å². The molecule has 0 spiro atoms. The third-order valence-corrected chi connectivity index (χ3v) is 3.00. The quantitative estimate of drug-likeness (QED) is 0.685. The molecule has 4 nitrogen and oxygen atoms in total. The largest absolute Gasteiger partial charge is 0.339 e. The van der Waals surface area contributed by atoms with Crippen molar-refractivity contribution in [3.05, 3.63) is 0 Å². The first-order valence-corrected chi connectivity index (χ1v) is 5.99. The zero-order chi connectivity index (χ0) is 11.1. The molecule has 0 unspecified atom stereocenters. The van der Waals surface area contributed by atoms with Crippen molar-refractivity contribution in [1.82, 2.24) is 15.5 Å². The highest BCUT2D eigenvalue weighted by atomic mass is 16.2. The van der Waals surface area contributed by atoms with Crippen LogP contribution in [0.5, 0.6) is 0 Å². The van der Waals surface area contributed by atoms with Gasteiger partial charge in [-0.2, -0.15) is 0 Å². The Kier molecular flexibility index (Phi) is 5.65. The van der Waals surface area contributed by atoms with E-state index in [0.717, 1.165) is 39.0 Å². The molecule has 0 aromatic rings. The number of hydrogen-bond acceptors (Lipinski definition) is 3. The number of carbonyl (C=O) groups is 1. The van der Waals surface area contributed by atoms with Gasteiger partial charge >= 0.3 is 0 Å². The van der Waals surface area contributed by atoms with E-state index in [1.54, 1.807) is 0 Å². The average molecular weight is 213 g/mol. The van der Waals surface area contributed by atoms with Crippen molar-refractivity contribution < 1.29 is 4.79 Å². The van der Waals surface area contributed by atoms with Crippen LogP contribution in [0.2, 0.25) is 0 Å². The van der Waals surface area contributed by atoms with Gasteiger partial charge in [-0.25, -0.2) is 0 Å². The molecule has 0 aromatic heterocycles. The Balaban J connectivity index is 2.22. The highest BCUT2D eigenvalue weighted by Gasteiger charge is 2.16. The van der Waals surface area contributed by atoms with E-state index in [1.165, 1.54) is 0 Å². The lowest BCUT2D eigenvalue weighted by molar-refractivity contribution is -0.130. The van der Waals surface area contributed by atoms with Gasteiger partial charge in [0.2, 0.25) is 5.91 Å². The summed E-state index contributed by atoms with van der Waals surface area (Å²) in [5, 5.41) is 6.55. The van der Waals surface area contributed by atoms with Gasteiger partial charge < -0.3 is 15.5 Å². The average Bonchev–Trinajstić information content (AvgIpc) is 2.31. The lowest BCUT2D eigenvalue weighted by atomic mass is 10.2. The van der Waals surface area contributed by atoms with Gasteiger partial charge in [0.15, 0.2) is 0 Å². The minimum atomic E-state index is 0.239. The first-order valence-electron chi connectivity index (χ1n) is 5.99. The Bertz CT molecular complexity index is 186. The molecular formula is C11H23N3O. The number of rotatable bonds is 5. The maximum absolute atomic E-state index is 11.8. The molecule has 4 heteroatoms. The molecule has 0 atom stereocenters. The SMILES string of the molecule is CCC(CC)NCC(=O)N1CCNCC1. The normalized spacial score (nSPS) is 17.1. The lowest BCUT2D eigenvalue weighted by Crippen LogP contribution is -2.49. The maximum Gasteiger partial charge on any atom is 0.236 e. The fourth-order valence-electron chi connectivity index (χ4n) is 1.84. The fourth-order valence-corrected chi connectivity index (χ4v) is 1.84. The van der Waals surface area contributed by atoms with Crippen molar-refractivity contribution >= 4 is 5.91 Å². The van der Waals surface area contributed by atoms with Crippen molar-refractivity contribution in [1.29, 1.82) is 0 Å². The van der Waals surface area contributed by atoms with Crippen molar-refractivity contribution in [2.45, 2.75) is 32.7 Å². The number of carbonyl (C=O) groups excluding carboxylic acids is 1. The topological polar surface area (TPSA) is 44.4 Å². The van der Waals surface area contributed by atoms with Crippen LogP contribution in [0.15, 0.2) is 0 Å². The summed E-state index contributed by atoms with van der Waals surface area (Å²) in [5.41, 5.74) is 0. The predicted molar refractivity (Wildman–Crippen MR) is 61.8 cm³/mol. The Labute approximate surface area is 92.4 Å². The van der Waals surface area contributed by atoms with Crippen molar-refractivity contribution in [3.63, 3.8) is 0 Å². The molecule has 0 bridgehead atoms. The molecule has 1 fully saturated rings. The zero-order valence-electron chi connectivity index (χ0n) is 9.88. The molecule has 0 saturated carbocycles. The number of amides is 1. The first-order chi connectivity index (χ1) is 7.27. The van der Waals surface area contributed by atoms with Crippen molar-refractivity contribution in [3.8, 4) is 0 Å². The van der Waals surface area contributed by atoms with E-state index in [2.05, 4.69) is 24.5 Å². The minimum absolute atomic E-state index is 0.239. The molecule has 88 valence electrons. The first kappa shape index (κ1) is 12.5. The molecular weight excluding hydrogens is 190 g/mol. The molecule has 1 saturated heterocycles. The van der Waals surface area contributed by atoms with Crippen LogP contribution in [-0.2, 0) is 4.79 Å². The van der Waals surface area contributed by atoms with E-state index in [1.807, 2.05) is 4.90 Å². The highest BCUT2D eigenvalue weighted by molar-refractivity contribution is 5.78. The van der Waals surface area contributed by atoms with Gasteiger partial charge in [0.25, 0.3) is 0 Å². The van der Waals surface area contributed by atoms with Crippen LogP contribution in [0, 0.1) is 0 Å². The Morgan fingerprint density at radius 3 is 2.47 bits per heavy atom. The molecule has 0 radical (unpaired) electrons.